The van der Waals surface area contributed by atoms with Gasteiger partial charge in [-0.15, -0.1) is 0 Å². The van der Waals surface area contributed by atoms with E-state index in [0.29, 0.717) is 0 Å². The highest BCUT2D eigenvalue weighted by molar-refractivity contribution is 5.37. The summed E-state index contributed by atoms with van der Waals surface area (Å²) in [5.74, 6) is 0.851. The quantitative estimate of drug-likeness (QED) is 0.852. The minimum absolute atomic E-state index is 0.150. The lowest BCUT2D eigenvalue weighted by atomic mass is 9.90. The highest BCUT2D eigenvalue weighted by Gasteiger charge is 2.28. The Labute approximate surface area is 97.6 Å². The first kappa shape index (κ1) is 13.0. The maximum absolute atomic E-state index is 6.21. The van der Waals surface area contributed by atoms with Crippen LogP contribution in [0.25, 0.3) is 0 Å². The third-order valence-electron chi connectivity index (χ3n) is 3.09. The van der Waals surface area contributed by atoms with Crippen molar-refractivity contribution in [3.05, 3.63) is 29.3 Å². The molecule has 3 heteroatoms. The number of aryl methyl sites for hydroxylation is 1. The maximum atomic E-state index is 6.21. The molecular weight excluding hydrogens is 202 g/mol. The molecule has 0 radical (unpaired) electrons. The Morgan fingerprint density at radius 1 is 1.25 bits per heavy atom. The Bertz CT molecular complexity index is 361. The van der Waals surface area contributed by atoms with Crippen LogP contribution in [0.5, 0.6) is 5.75 Å². The van der Waals surface area contributed by atoms with E-state index in [1.165, 1.54) is 0 Å². The summed E-state index contributed by atoms with van der Waals surface area (Å²) in [4.78, 5) is 0. The van der Waals surface area contributed by atoms with Gasteiger partial charge in [-0.2, -0.15) is 0 Å². The second-order valence-corrected chi connectivity index (χ2v) is 4.51. The number of hydrogen-bond donors (Lipinski definition) is 1. The zero-order valence-corrected chi connectivity index (χ0v) is 10.7. The van der Waals surface area contributed by atoms with Gasteiger partial charge in [-0.05, 0) is 44.0 Å². The van der Waals surface area contributed by atoms with E-state index < -0.39 is 0 Å². The van der Waals surface area contributed by atoms with Crippen LogP contribution in [0, 0.1) is 6.92 Å². The van der Waals surface area contributed by atoms with Crippen LogP contribution in [0.2, 0.25) is 0 Å². The first-order valence-electron chi connectivity index (χ1n) is 5.37. The van der Waals surface area contributed by atoms with Crippen LogP contribution >= 0.6 is 0 Å². The van der Waals surface area contributed by atoms with Gasteiger partial charge in [0.1, 0.15) is 5.75 Å². The lowest BCUT2D eigenvalue weighted by molar-refractivity contribution is -0.000201. The van der Waals surface area contributed by atoms with Gasteiger partial charge in [0.25, 0.3) is 0 Å². The van der Waals surface area contributed by atoms with Crippen molar-refractivity contribution >= 4 is 0 Å². The molecule has 1 atom stereocenters. The van der Waals surface area contributed by atoms with Crippen molar-refractivity contribution < 1.29 is 9.47 Å². The number of nitrogens with two attached hydrogens (primary N) is 1. The predicted octanol–water partition coefficient (Wildman–Crippen LogP) is 2.43. The fraction of sp³-hybridized carbons (Fsp3) is 0.538. The average Bonchev–Trinajstić information content (AvgIpc) is 2.28. The third-order valence-corrected chi connectivity index (χ3v) is 3.09. The molecule has 0 amide bonds. The highest BCUT2D eigenvalue weighted by Crippen LogP contribution is 2.29. The van der Waals surface area contributed by atoms with Gasteiger partial charge in [-0.1, -0.05) is 6.07 Å². The van der Waals surface area contributed by atoms with E-state index in [1.807, 2.05) is 39.0 Å². The van der Waals surface area contributed by atoms with E-state index in [4.69, 9.17) is 15.2 Å². The molecule has 0 saturated carbocycles. The van der Waals surface area contributed by atoms with E-state index in [9.17, 15) is 0 Å². The molecular formula is C13H21NO2. The summed E-state index contributed by atoms with van der Waals surface area (Å²) >= 11 is 0. The summed E-state index contributed by atoms with van der Waals surface area (Å²) in [5, 5.41) is 0. The molecule has 0 aliphatic heterocycles. The summed E-state index contributed by atoms with van der Waals surface area (Å²) in [6.45, 7) is 6.01. The minimum Gasteiger partial charge on any atom is -0.497 e. The van der Waals surface area contributed by atoms with Crippen molar-refractivity contribution in [1.82, 2.24) is 0 Å². The van der Waals surface area contributed by atoms with Crippen LogP contribution in [0.3, 0.4) is 0 Å². The summed E-state index contributed by atoms with van der Waals surface area (Å²) < 4.78 is 10.6. The molecule has 1 rings (SSSR count). The molecule has 0 aromatic heterocycles. The summed E-state index contributed by atoms with van der Waals surface area (Å²) in [6.07, 6.45) is 0. The van der Waals surface area contributed by atoms with Crippen molar-refractivity contribution in [2.75, 3.05) is 14.2 Å². The molecule has 0 bridgehead atoms. The highest BCUT2D eigenvalue weighted by atomic mass is 16.5. The van der Waals surface area contributed by atoms with Crippen molar-refractivity contribution in [2.24, 2.45) is 5.73 Å². The van der Waals surface area contributed by atoms with Gasteiger partial charge in [0, 0.05) is 7.11 Å². The molecule has 3 nitrogen and oxygen atoms in total. The van der Waals surface area contributed by atoms with Crippen LogP contribution in [0.15, 0.2) is 18.2 Å². The van der Waals surface area contributed by atoms with E-state index >= 15 is 0 Å². The molecule has 2 N–H and O–H groups in total. The Morgan fingerprint density at radius 3 is 2.31 bits per heavy atom. The van der Waals surface area contributed by atoms with Crippen molar-refractivity contribution in [1.29, 1.82) is 0 Å². The SMILES string of the molecule is COc1ccc(C(N)C(C)(C)OC)c(C)c1. The Kier molecular flexibility index (Phi) is 3.94. The smallest absolute Gasteiger partial charge is 0.119 e. The standard InChI is InChI=1S/C13H21NO2/c1-9-8-10(15-4)6-7-11(9)12(14)13(2,3)16-5/h6-8,12H,14H2,1-5H3. The van der Waals surface area contributed by atoms with Gasteiger partial charge < -0.3 is 15.2 Å². The summed E-state index contributed by atoms with van der Waals surface area (Å²) in [7, 11) is 3.34. The molecule has 0 aliphatic rings. The number of rotatable bonds is 4. The Morgan fingerprint density at radius 2 is 1.88 bits per heavy atom. The second-order valence-electron chi connectivity index (χ2n) is 4.51. The average molecular weight is 223 g/mol. The monoisotopic (exact) mass is 223 g/mol. The van der Waals surface area contributed by atoms with Gasteiger partial charge in [0.2, 0.25) is 0 Å². The molecule has 1 unspecified atom stereocenters. The predicted molar refractivity (Wildman–Crippen MR) is 65.7 cm³/mol. The van der Waals surface area contributed by atoms with Gasteiger partial charge in [0.15, 0.2) is 0 Å². The Balaban J connectivity index is 3.05. The summed E-state index contributed by atoms with van der Waals surface area (Å²) in [6, 6.07) is 5.76. The first-order valence-corrected chi connectivity index (χ1v) is 5.37. The van der Waals surface area contributed by atoms with E-state index in [1.54, 1.807) is 14.2 Å². The topological polar surface area (TPSA) is 44.5 Å². The first-order chi connectivity index (χ1) is 7.42. The van der Waals surface area contributed by atoms with Crippen molar-refractivity contribution in [2.45, 2.75) is 32.4 Å². The zero-order chi connectivity index (χ0) is 12.3. The molecule has 90 valence electrons. The lowest BCUT2D eigenvalue weighted by Gasteiger charge is -2.31. The van der Waals surface area contributed by atoms with Crippen LogP contribution in [0.1, 0.15) is 31.0 Å². The van der Waals surface area contributed by atoms with Gasteiger partial charge in [-0.25, -0.2) is 0 Å². The van der Waals surface area contributed by atoms with Crippen LogP contribution in [-0.2, 0) is 4.74 Å². The van der Waals surface area contributed by atoms with Crippen LogP contribution in [0.4, 0.5) is 0 Å². The van der Waals surface area contributed by atoms with E-state index in [-0.39, 0.29) is 11.6 Å². The number of methoxy groups -OCH3 is 2. The van der Waals surface area contributed by atoms with E-state index in [2.05, 4.69) is 0 Å². The summed E-state index contributed by atoms with van der Waals surface area (Å²) in [5.41, 5.74) is 8.05. The zero-order valence-electron chi connectivity index (χ0n) is 10.7. The second kappa shape index (κ2) is 4.85. The largest absolute Gasteiger partial charge is 0.497 e. The molecule has 1 aromatic carbocycles. The molecule has 0 saturated heterocycles. The lowest BCUT2D eigenvalue weighted by Crippen LogP contribution is -2.37. The van der Waals surface area contributed by atoms with Gasteiger partial charge >= 0.3 is 0 Å². The molecule has 16 heavy (non-hydrogen) atoms. The van der Waals surface area contributed by atoms with Gasteiger partial charge in [-0.3, -0.25) is 0 Å². The van der Waals surface area contributed by atoms with Crippen molar-refractivity contribution in [3.63, 3.8) is 0 Å². The number of ether oxygens (including phenoxy) is 2. The van der Waals surface area contributed by atoms with E-state index in [0.717, 1.165) is 16.9 Å². The molecule has 1 aromatic rings. The normalized spacial score (nSPS) is 13.6. The maximum Gasteiger partial charge on any atom is 0.119 e. The fourth-order valence-corrected chi connectivity index (χ4v) is 1.63. The number of hydrogen-bond acceptors (Lipinski definition) is 3. The third kappa shape index (κ3) is 2.54. The molecule has 0 fully saturated rings. The van der Waals surface area contributed by atoms with Crippen LogP contribution in [-0.4, -0.2) is 19.8 Å². The van der Waals surface area contributed by atoms with Gasteiger partial charge in [0.05, 0.1) is 18.8 Å². The fourth-order valence-electron chi connectivity index (χ4n) is 1.63. The molecule has 0 spiro atoms. The van der Waals surface area contributed by atoms with Crippen LogP contribution < -0.4 is 10.5 Å². The Hall–Kier alpha value is -1.06. The number of benzene rings is 1. The minimum atomic E-state index is -0.376. The molecule has 0 aliphatic carbocycles. The van der Waals surface area contributed by atoms with Crippen molar-refractivity contribution in [3.8, 4) is 5.75 Å². The molecule has 0 heterocycles.